The maximum Gasteiger partial charge on any atom is 0.410 e. The van der Waals surface area contributed by atoms with Crippen LogP contribution < -0.4 is 0 Å². The van der Waals surface area contributed by atoms with Crippen molar-refractivity contribution in [2.75, 3.05) is 20.2 Å². The van der Waals surface area contributed by atoms with E-state index in [1.165, 1.54) is 7.05 Å². The molecular weight excluding hydrogens is 496 g/mol. The van der Waals surface area contributed by atoms with E-state index in [0.717, 1.165) is 27.2 Å². The summed E-state index contributed by atoms with van der Waals surface area (Å²) in [5, 5.41) is 20.2. The number of amides is 1. The first-order valence-corrected chi connectivity index (χ1v) is 13.3. The predicted molar refractivity (Wildman–Crippen MR) is 149 cm³/mol. The van der Waals surface area contributed by atoms with Gasteiger partial charge >= 0.3 is 12.1 Å². The summed E-state index contributed by atoms with van der Waals surface area (Å²) in [5.41, 5.74) is 4.82. The highest BCUT2D eigenvalue weighted by molar-refractivity contribution is 6.22. The van der Waals surface area contributed by atoms with Gasteiger partial charge in [0.2, 0.25) is 0 Å². The maximum atomic E-state index is 12.9. The number of allylic oxidation sites excluding steroid dienone is 2. The van der Waals surface area contributed by atoms with Crippen LogP contribution in [0.2, 0.25) is 0 Å². The van der Waals surface area contributed by atoms with Gasteiger partial charge in [0.05, 0.1) is 5.57 Å². The van der Waals surface area contributed by atoms with Gasteiger partial charge in [-0.05, 0) is 47.4 Å². The molecule has 2 aromatic carbocycles. The molecule has 0 radical (unpaired) electrons. The number of carbonyl (C=O) groups excluding carboxylic acids is 2. The molecule has 0 unspecified atom stereocenters. The standard InChI is InChI=1S/C31H36N2O6/c1-19(28-26(34)16-31(2,3)17-27(28)35)32-15-9-14-25(29(36)37)33(4)30(38)39-18-24-22-12-7-5-10-20(22)21-11-6-8-13-23(21)24/h5-8,10-13,24-25,34H,9,14-18H2,1-4H3,(H,36,37)/t25-/m1/s1. The molecule has 0 bridgehead atoms. The van der Waals surface area contributed by atoms with Gasteiger partial charge in [-0.15, -0.1) is 0 Å². The topological polar surface area (TPSA) is 116 Å². The number of ether oxygens (including phenoxy) is 1. The maximum absolute atomic E-state index is 12.9. The minimum atomic E-state index is -1.13. The van der Waals surface area contributed by atoms with Crippen LogP contribution in [0, 0.1) is 5.41 Å². The van der Waals surface area contributed by atoms with Crippen LogP contribution in [0.25, 0.3) is 11.1 Å². The minimum absolute atomic E-state index is 0.0518. The number of aliphatic hydroxyl groups is 1. The molecule has 0 spiro atoms. The molecule has 0 fully saturated rings. The van der Waals surface area contributed by atoms with E-state index in [4.69, 9.17) is 4.74 Å². The van der Waals surface area contributed by atoms with Crippen molar-refractivity contribution in [2.45, 2.75) is 58.4 Å². The van der Waals surface area contributed by atoms with E-state index >= 15 is 0 Å². The van der Waals surface area contributed by atoms with Crippen LogP contribution in [-0.4, -0.2) is 64.9 Å². The van der Waals surface area contributed by atoms with Crippen LogP contribution >= 0.6 is 0 Å². The number of hydrogen-bond donors (Lipinski definition) is 2. The lowest BCUT2D eigenvalue weighted by Gasteiger charge is -2.29. The number of likely N-dealkylation sites (N-methyl/N-ethyl adjacent to an activating group) is 1. The zero-order valence-electron chi connectivity index (χ0n) is 22.9. The van der Waals surface area contributed by atoms with Crippen LogP contribution in [-0.2, 0) is 14.3 Å². The molecular formula is C31H36N2O6. The SMILES string of the molecule is CC(=NCCC[C@H](C(=O)O)N(C)C(=O)OCC1c2ccccc2-c2ccccc21)C1=C(O)CC(C)(C)CC1=O. The number of aliphatic imine (C=N–C) groups is 1. The molecule has 2 N–H and O–H groups in total. The van der Waals surface area contributed by atoms with E-state index in [0.29, 0.717) is 25.0 Å². The van der Waals surface area contributed by atoms with E-state index in [9.17, 15) is 24.6 Å². The number of carbonyl (C=O) groups is 3. The highest BCUT2D eigenvalue weighted by Crippen LogP contribution is 2.44. The van der Waals surface area contributed by atoms with Crippen molar-refractivity contribution in [3.8, 4) is 11.1 Å². The smallest absolute Gasteiger partial charge is 0.410 e. The van der Waals surface area contributed by atoms with Crippen LogP contribution in [0.1, 0.15) is 63.5 Å². The number of aliphatic hydroxyl groups excluding tert-OH is 1. The van der Waals surface area contributed by atoms with Gasteiger partial charge in [0, 0.05) is 38.1 Å². The van der Waals surface area contributed by atoms with Crippen molar-refractivity contribution in [3.63, 3.8) is 0 Å². The van der Waals surface area contributed by atoms with Crippen LogP contribution in [0.15, 0.2) is 64.9 Å². The number of fused-ring (bicyclic) bond motifs is 3. The third-order valence-corrected chi connectivity index (χ3v) is 7.58. The lowest BCUT2D eigenvalue weighted by molar-refractivity contribution is -0.142. The average Bonchev–Trinajstić information content (AvgIpc) is 3.19. The van der Waals surface area contributed by atoms with Crippen molar-refractivity contribution in [3.05, 3.63) is 71.0 Å². The molecule has 2 aliphatic carbocycles. The fourth-order valence-corrected chi connectivity index (χ4v) is 5.62. The summed E-state index contributed by atoms with van der Waals surface area (Å²) in [6, 6.07) is 14.9. The Kier molecular flexibility index (Phi) is 8.23. The third-order valence-electron chi connectivity index (χ3n) is 7.58. The zero-order valence-corrected chi connectivity index (χ0v) is 22.9. The number of Topliss-reactive ketones (excluding diaryl/α,β-unsaturated/α-hetero) is 1. The first-order chi connectivity index (χ1) is 18.5. The summed E-state index contributed by atoms with van der Waals surface area (Å²) < 4.78 is 5.62. The van der Waals surface area contributed by atoms with Gasteiger partial charge in [-0.3, -0.25) is 14.7 Å². The van der Waals surface area contributed by atoms with Crippen LogP contribution in [0.5, 0.6) is 0 Å². The molecule has 39 heavy (non-hydrogen) atoms. The summed E-state index contributed by atoms with van der Waals surface area (Å²) in [4.78, 5) is 42.9. The molecule has 4 rings (SSSR count). The Morgan fingerprint density at radius 3 is 2.23 bits per heavy atom. The number of hydrogen-bond acceptors (Lipinski definition) is 6. The zero-order chi connectivity index (χ0) is 28.3. The van der Waals surface area contributed by atoms with E-state index in [-0.39, 0.29) is 48.0 Å². The second-order valence-corrected chi connectivity index (χ2v) is 11.1. The lowest BCUT2D eigenvalue weighted by atomic mass is 9.76. The predicted octanol–water partition coefficient (Wildman–Crippen LogP) is 5.76. The highest BCUT2D eigenvalue weighted by atomic mass is 16.6. The van der Waals surface area contributed by atoms with E-state index in [1.807, 2.05) is 50.2 Å². The van der Waals surface area contributed by atoms with E-state index in [2.05, 4.69) is 17.1 Å². The molecule has 2 aliphatic rings. The molecule has 0 saturated carbocycles. The summed E-state index contributed by atoms with van der Waals surface area (Å²) >= 11 is 0. The Hall–Kier alpha value is -3.94. The molecule has 0 saturated heterocycles. The number of benzene rings is 2. The third kappa shape index (κ3) is 6.05. The number of rotatable bonds is 9. The Morgan fingerprint density at radius 2 is 1.67 bits per heavy atom. The molecule has 1 atom stereocenters. The number of carboxylic acids is 1. The number of aliphatic carboxylic acids is 1. The number of ketones is 1. The first-order valence-electron chi connectivity index (χ1n) is 13.3. The summed E-state index contributed by atoms with van der Waals surface area (Å²) in [5.74, 6) is -1.33. The van der Waals surface area contributed by atoms with Gasteiger partial charge in [-0.1, -0.05) is 62.4 Å². The van der Waals surface area contributed by atoms with Gasteiger partial charge in [0.25, 0.3) is 0 Å². The lowest BCUT2D eigenvalue weighted by Crippen LogP contribution is -2.43. The van der Waals surface area contributed by atoms with Gasteiger partial charge in [0.15, 0.2) is 5.78 Å². The quantitative estimate of drug-likeness (QED) is 0.313. The van der Waals surface area contributed by atoms with Crippen molar-refractivity contribution < 1.29 is 29.3 Å². The van der Waals surface area contributed by atoms with Crippen molar-refractivity contribution in [1.82, 2.24) is 4.90 Å². The molecule has 0 heterocycles. The molecule has 206 valence electrons. The Bertz CT molecular complexity index is 1300. The Balaban J connectivity index is 1.35. The molecule has 8 heteroatoms. The number of nitrogens with zero attached hydrogens (tertiary/aromatic N) is 2. The number of carboxylic acid groups (broad SMARTS) is 1. The second kappa shape index (κ2) is 11.4. The molecule has 0 aromatic heterocycles. The van der Waals surface area contributed by atoms with Crippen LogP contribution in [0.4, 0.5) is 4.79 Å². The Morgan fingerprint density at radius 1 is 1.08 bits per heavy atom. The first kappa shape index (κ1) is 28.1. The monoisotopic (exact) mass is 532 g/mol. The molecule has 0 aliphatic heterocycles. The Labute approximate surface area is 229 Å². The van der Waals surface area contributed by atoms with Crippen molar-refractivity contribution >= 4 is 23.6 Å². The minimum Gasteiger partial charge on any atom is -0.511 e. The second-order valence-electron chi connectivity index (χ2n) is 11.1. The summed E-state index contributed by atoms with van der Waals surface area (Å²) in [6.07, 6.45) is 0.592. The fourth-order valence-electron chi connectivity index (χ4n) is 5.62. The van der Waals surface area contributed by atoms with E-state index < -0.39 is 18.1 Å². The van der Waals surface area contributed by atoms with Crippen molar-refractivity contribution in [2.24, 2.45) is 10.4 Å². The van der Waals surface area contributed by atoms with Gasteiger partial charge < -0.3 is 14.9 Å². The van der Waals surface area contributed by atoms with Gasteiger partial charge in [-0.2, -0.15) is 0 Å². The normalized spacial score (nSPS) is 17.4. The van der Waals surface area contributed by atoms with Crippen molar-refractivity contribution in [1.29, 1.82) is 0 Å². The van der Waals surface area contributed by atoms with E-state index in [1.54, 1.807) is 6.92 Å². The summed E-state index contributed by atoms with van der Waals surface area (Å²) in [7, 11) is 1.43. The molecule has 2 aromatic rings. The molecule has 8 nitrogen and oxygen atoms in total. The van der Waals surface area contributed by atoms with Gasteiger partial charge in [-0.25, -0.2) is 9.59 Å². The fraction of sp³-hybridized carbons (Fsp3) is 0.419. The largest absolute Gasteiger partial charge is 0.511 e. The molecule has 1 amide bonds. The average molecular weight is 533 g/mol. The van der Waals surface area contributed by atoms with Crippen LogP contribution in [0.3, 0.4) is 0 Å². The van der Waals surface area contributed by atoms with Gasteiger partial charge in [0.1, 0.15) is 18.4 Å². The summed E-state index contributed by atoms with van der Waals surface area (Å²) in [6.45, 7) is 5.92. The highest BCUT2D eigenvalue weighted by Gasteiger charge is 2.34.